The van der Waals surface area contributed by atoms with E-state index in [4.69, 9.17) is 5.73 Å². The average molecular weight is 188 g/mol. The van der Waals surface area contributed by atoms with E-state index in [0.29, 0.717) is 5.84 Å². The molecule has 0 atom stereocenters. The summed E-state index contributed by atoms with van der Waals surface area (Å²) in [4.78, 5) is 4.30. The fourth-order valence-corrected chi connectivity index (χ4v) is 2.18. The van der Waals surface area contributed by atoms with E-state index in [1.54, 1.807) is 0 Å². The minimum Gasteiger partial charge on any atom is -0.383 e. The largest absolute Gasteiger partial charge is 0.383 e. The maximum Gasteiger partial charge on any atom is 0.126 e. The van der Waals surface area contributed by atoms with E-state index in [1.807, 2.05) is 0 Å². The van der Waals surface area contributed by atoms with Gasteiger partial charge in [0.1, 0.15) is 5.84 Å². The highest BCUT2D eigenvalue weighted by Gasteiger charge is 2.20. The van der Waals surface area contributed by atoms with Crippen LogP contribution in [0.2, 0.25) is 0 Å². The van der Waals surface area contributed by atoms with Gasteiger partial charge in [0.05, 0.1) is 6.54 Å². The third-order valence-corrected chi connectivity index (χ3v) is 3.48. The summed E-state index contributed by atoms with van der Waals surface area (Å²) in [6, 6.07) is 0. The predicted octanol–water partition coefficient (Wildman–Crippen LogP) is 2.14. The predicted molar refractivity (Wildman–Crippen MR) is 59.8 cm³/mol. The third-order valence-electron chi connectivity index (χ3n) is 3.48. The van der Waals surface area contributed by atoms with Gasteiger partial charge in [-0.1, -0.05) is 0 Å². The number of nitrogens with zero attached hydrogens (tertiary/aromatic N) is 1. The molecule has 1 aliphatic heterocycles. The van der Waals surface area contributed by atoms with Crippen molar-refractivity contribution in [1.82, 2.24) is 0 Å². The fourth-order valence-electron chi connectivity index (χ4n) is 2.18. The maximum atomic E-state index is 5.89. The molecule has 0 saturated heterocycles. The number of amidine groups is 1. The highest BCUT2D eigenvalue weighted by molar-refractivity contribution is 6.02. The molecule has 0 bridgehead atoms. The monoisotopic (exact) mass is 188 g/mol. The minimum atomic E-state index is 0.712. The zero-order valence-electron chi connectivity index (χ0n) is 9.23. The van der Waals surface area contributed by atoms with Crippen LogP contribution in [0, 0.1) is 27.7 Å². The number of hydrogen-bond donors (Lipinski definition) is 1. The van der Waals surface area contributed by atoms with Gasteiger partial charge in [0.15, 0.2) is 0 Å². The third kappa shape index (κ3) is 0.999. The Morgan fingerprint density at radius 3 is 2.14 bits per heavy atom. The van der Waals surface area contributed by atoms with Gasteiger partial charge in [-0.2, -0.15) is 0 Å². The Balaban J connectivity index is 2.83. The van der Waals surface area contributed by atoms with Crippen molar-refractivity contribution in [2.24, 2.45) is 10.7 Å². The lowest BCUT2D eigenvalue weighted by molar-refractivity contribution is 1.06. The van der Waals surface area contributed by atoms with Crippen LogP contribution < -0.4 is 5.73 Å². The van der Waals surface area contributed by atoms with E-state index in [1.165, 1.54) is 33.4 Å². The molecule has 1 aromatic carbocycles. The maximum absolute atomic E-state index is 5.89. The molecule has 0 aliphatic carbocycles. The van der Waals surface area contributed by atoms with E-state index in [-0.39, 0.29) is 0 Å². The van der Waals surface area contributed by atoms with Gasteiger partial charge in [-0.25, -0.2) is 0 Å². The molecule has 0 amide bonds. The number of hydrogen-bond acceptors (Lipinski definition) is 2. The molecule has 0 radical (unpaired) electrons. The number of fused-ring (bicyclic) bond motifs is 1. The summed E-state index contributed by atoms with van der Waals surface area (Å²) in [5.41, 5.74) is 13.8. The van der Waals surface area contributed by atoms with E-state index in [2.05, 4.69) is 32.7 Å². The van der Waals surface area contributed by atoms with Gasteiger partial charge in [-0.15, -0.1) is 0 Å². The Labute approximate surface area is 84.9 Å². The van der Waals surface area contributed by atoms with Gasteiger partial charge in [0.2, 0.25) is 0 Å². The van der Waals surface area contributed by atoms with Crippen molar-refractivity contribution in [3.63, 3.8) is 0 Å². The number of nitrogens with two attached hydrogens (primary N) is 1. The first-order chi connectivity index (χ1) is 6.54. The Kier molecular flexibility index (Phi) is 1.88. The van der Waals surface area contributed by atoms with Crippen molar-refractivity contribution in [3.05, 3.63) is 33.4 Å². The van der Waals surface area contributed by atoms with Crippen LogP contribution in [0.5, 0.6) is 0 Å². The van der Waals surface area contributed by atoms with Crippen molar-refractivity contribution in [1.29, 1.82) is 0 Å². The summed E-state index contributed by atoms with van der Waals surface area (Å²) in [6.45, 7) is 9.38. The number of aliphatic imine (C=N–C) groups is 1. The van der Waals surface area contributed by atoms with E-state index in [0.717, 1.165) is 6.54 Å². The lowest BCUT2D eigenvalue weighted by Gasteiger charge is -2.15. The Bertz CT molecular complexity index is 442. The second-order valence-corrected chi connectivity index (χ2v) is 4.06. The number of benzene rings is 1. The first kappa shape index (κ1) is 9.25. The molecule has 2 N–H and O–H groups in total. The van der Waals surface area contributed by atoms with Gasteiger partial charge in [-0.3, -0.25) is 4.99 Å². The van der Waals surface area contributed by atoms with Crippen LogP contribution in [0.4, 0.5) is 0 Å². The second-order valence-electron chi connectivity index (χ2n) is 4.06. The Morgan fingerprint density at radius 2 is 1.50 bits per heavy atom. The van der Waals surface area contributed by atoms with Crippen molar-refractivity contribution in [2.45, 2.75) is 34.2 Å². The van der Waals surface area contributed by atoms with E-state index in [9.17, 15) is 0 Å². The topological polar surface area (TPSA) is 38.4 Å². The molecule has 2 rings (SSSR count). The molecule has 0 aromatic heterocycles. The molecule has 0 saturated carbocycles. The van der Waals surface area contributed by atoms with Crippen LogP contribution in [-0.4, -0.2) is 5.84 Å². The molecule has 0 unspecified atom stereocenters. The summed E-state index contributed by atoms with van der Waals surface area (Å²) in [5, 5.41) is 0. The van der Waals surface area contributed by atoms with Gasteiger partial charge in [0, 0.05) is 5.56 Å². The zero-order valence-corrected chi connectivity index (χ0v) is 9.23. The van der Waals surface area contributed by atoms with Crippen LogP contribution in [0.15, 0.2) is 4.99 Å². The second kappa shape index (κ2) is 2.84. The van der Waals surface area contributed by atoms with Crippen molar-refractivity contribution < 1.29 is 0 Å². The summed E-state index contributed by atoms with van der Waals surface area (Å²) in [5.74, 6) is 0.712. The Hall–Kier alpha value is -1.31. The van der Waals surface area contributed by atoms with Gasteiger partial charge >= 0.3 is 0 Å². The molecule has 0 fully saturated rings. The summed E-state index contributed by atoms with van der Waals surface area (Å²) in [7, 11) is 0. The molecular formula is C12H16N2. The van der Waals surface area contributed by atoms with Crippen molar-refractivity contribution >= 4 is 5.84 Å². The summed E-state index contributed by atoms with van der Waals surface area (Å²) >= 11 is 0. The van der Waals surface area contributed by atoms with E-state index < -0.39 is 0 Å². The molecule has 14 heavy (non-hydrogen) atoms. The lowest BCUT2D eigenvalue weighted by atomic mass is 9.90. The molecule has 1 aliphatic rings. The lowest BCUT2D eigenvalue weighted by Crippen LogP contribution is -2.14. The molecule has 1 heterocycles. The summed E-state index contributed by atoms with van der Waals surface area (Å²) < 4.78 is 0. The van der Waals surface area contributed by atoms with Crippen LogP contribution >= 0.6 is 0 Å². The first-order valence-corrected chi connectivity index (χ1v) is 4.93. The van der Waals surface area contributed by atoms with Gasteiger partial charge in [0.25, 0.3) is 0 Å². The zero-order chi connectivity index (χ0) is 10.5. The molecule has 2 nitrogen and oxygen atoms in total. The molecular weight excluding hydrogens is 172 g/mol. The van der Waals surface area contributed by atoms with Crippen LogP contribution in [0.3, 0.4) is 0 Å². The van der Waals surface area contributed by atoms with E-state index >= 15 is 0 Å². The highest BCUT2D eigenvalue weighted by Crippen LogP contribution is 2.29. The minimum absolute atomic E-state index is 0.712. The smallest absolute Gasteiger partial charge is 0.126 e. The standard InChI is InChI=1S/C12H16N2/c1-6-7(2)9(4)11-10(8(6)3)5-14-12(11)13/h5H2,1-4H3,(H2,13,14). The number of rotatable bonds is 0. The fraction of sp³-hybridized carbons (Fsp3) is 0.417. The first-order valence-electron chi connectivity index (χ1n) is 4.93. The molecule has 0 spiro atoms. The van der Waals surface area contributed by atoms with Gasteiger partial charge in [-0.05, 0) is 55.5 Å². The van der Waals surface area contributed by atoms with Crippen LogP contribution in [0.25, 0.3) is 0 Å². The Morgan fingerprint density at radius 1 is 0.929 bits per heavy atom. The molecule has 74 valence electrons. The van der Waals surface area contributed by atoms with Gasteiger partial charge < -0.3 is 5.73 Å². The van der Waals surface area contributed by atoms with Crippen LogP contribution in [0.1, 0.15) is 33.4 Å². The SMILES string of the molecule is Cc1c(C)c(C)c2c(c1C)CN=C2N. The normalized spacial score (nSPS) is 14.1. The highest BCUT2D eigenvalue weighted by atomic mass is 14.9. The molecule has 2 heteroatoms. The van der Waals surface area contributed by atoms with Crippen LogP contribution in [-0.2, 0) is 6.54 Å². The summed E-state index contributed by atoms with van der Waals surface area (Å²) in [6.07, 6.45) is 0. The average Bonchev–Trinajstić information content (AvgIpc) is 2.54. The quantitative estimate of drug-likeness (QED) is 0.665. The van der Waals surface area contributed by atoms with Crippen molar-refractivity contribution in [3.8, 4) is 0 Å². The molecule has 1 aromatic rings. The van der Waals surface area contributed by atoms with Crippen molar-refractivity contribution in [2.75, 3.05) is 0 Å².